The summed E-state index contributed by atoms with van der Waals surface area (Å²) >= 11 is 1.16. The Kier molecular flexibility index (Phi) is 4.74. The molecule has 1 aliphatic rings. The number of aromatic nitrogens is 3. The number of anilines is 2. The van der Waals surface area contributed by atoms with Gasteiger partial charge < -0.3 is 21.5 Å². The minimum absolute atomic E-state index is 0.0507. The monoisotopic (exact) mass is 284 g/mol. The Morgan fingerprint density at radius 2 is 2.11 bits per heavy atom. The highest BCUT2D eigenvalue weighted by Crippen LogP contribution is 2.14. The van der Waals surface area contributed by atoms with E-state index in [4.69, 9.17) is 16.2 Å². The number of carbonyl (C=O) groups is 1. The Morgan fingerprint density at radius 1 is 1.37 bits per heavy atom. The molecule has 1 amide bonds. The summed E-state index contributed by atoms with van der Waals surface area (Å²) in [5.41, 5.74) is 10.9. The number of nitrogens with two attached hydrogens (primary N) is 2. The minimum atomic E-state index is -0.0990. The second-order valence-corrected chi connectivity index (χ2v) is 5.00. The highest BCUT2D eigenvalue weighted by Gasteiger charge is 2.16. The SMILES string of the molecule is Nc1nc(N)nc(SCC(=O)NC[C@@H]2CCCO2)n1. The number of rotatable bonds is 5. The average molecular weight is 284 g/mol. The fourth-order valence-electron chi connectivity index (χ4n) is 1.67. The van der Waals surface area contributed by atoms with E-state index in [-0.39, 0.29) is 29.7 Å². The van der Waals surface area contributed by atoms with Gasteiger partial charge in [-0.1, -0.05) is 11.8 Å². The van der Waals surface area contributed by atoms with Crippen molar-refractivity contribution in [1.82, 2.24) is 20.3 Å². The van der Waals surface area contributed by atoms with Gasteiger partial charge >= 0.3 is 0 Å². The van der Waals surface area contributed by atoms with Crippen molar-refractivity contribution in [1.29, 1.82) is 0 Å². The number of nitrogens with zero attached hydrogens (tertiary/aromatic N) is 3. The highest BCUT2D eigenvalue weighted by atomic mass is 32.2. The van der Waals surface area contributed by atoms with E-state index in [1.54, 1.807) is 0 Å². The number of amides is 1. The molecule has 1 aromatic rings. The summed E-state index contributed by atoms with van der Waals surface area (Å²) in [6.45, 7) is 1.32. The molecule has 0 aliphatic carbocycles. The minimum Gasteiger partial charge on any atom is -0.376 e. The van der Waals surface area contributed by atoms with Crippen LogP contribution >= 0.6 is 11.8 Å². The molecule has 1 saturated heterocycles. The van der Waals surface area contributed by atoms with E-state index < -0.39 is 0 Å². The lowest BCUT2D eigenvalue weighted by molar-refractivity contribution is -0.119. The first-order valence-electron chi connectivity index (χ1n) is 5.91. The number of carbonyl (C=O) groups excluding carboxylic acids is 1. The second kappa shape index (κ2) is 6.53. The van der Waals surface area contributed by atoms with E-state index in [2.05, 4.69) is 20.3 Å². The van der Waals surface area contributed by atoms with Gasteiger partial charge in [-0.25, -0.2) is 0 Å². The van der Waals surface area contributed by atoms with Crippen LogP contribution in [0.2, 0.25) is 0 Å². The van der Waals surface area contributed by atoms with Gasteiger partial charge in [0.05, 0.1) is 11.9 Å². The van der Waals surface area contributed by atoms with Gasteiger partial charge in [-0.15, -0.1) is 0 Å². The Morgan fingerprint density at radius 3 is 2.74 bits per heavy atom. The highest BCUT2D eigenvalue weighted by molar-refractivity contribution is 7.99. The van der Waals surface area contributed by atoms with E-state index in [1.807, 2.05) is 0 Å². The van der Waals surface area contributed by atoms with Gasteiger partial charge in [-0.05, 0) is 12.8 Å². The largest absolute Gasteiger partial charge is 0.376 e. The molecular weight excluding hydrogens is 268 g/mol. The zero-order chi connectivity index (χ0) is 13.7. The molecule has 0 spiro atoms. The molecule has 0 bridgehead atoms. The van der Waals surface area contributed by atoms with Gasteiger partial charge in [0.15, 0.2) is 5.16 Å². The third-order valence-electron chi connectivity index (χ3n) is 2.53. The Balaban J connectivity index is 1.73. The standard InChI is InChI=1S/C10H16N6O2S/c11-8-14-9(12)16-10(15-8)19-5-7(17)13-4-6-2-1-3-18-6/h6H,1-5H2,(H,13,17)(H4,11,12,14,15,16)/t6-/m0/s1. The van der Waals surface area contributed by atoms with Crippen LogP contribution in [0.1, 0.15) is 12.8 Å². The molecule has 19 heavy (non-hydrogen) atoms. The number of hydrogen-bond donors (Lipinski definition) is 3. The van der Waals surface area contributed by atoms with Gasteiger partial charge in [0, 0.05) is 13.2 Å². The molecule has 1 fully saturated rings. The number of thioether (sulfide) groups is 1. The lowest BCUT2D eigenvalue weighted by Crippen LogP contribution is -2.32. The van der Waals surface area contributed by atoms with Gasteiger partial charge in [0.2, 0.25) is 17.8 Å². The van der Waals surface area contributed by atoms with Crippen molar-refractivity contribution in [2.45, 2.75) is 24.1 Å². The Bertz CT molecular complexity index is 431. The molecule has 8 nitrogen and oxygen atoms in total. The van der Waals surface area contributed by atoms with E-state index in [1.165, 1.54) is 0 Å². The van der Waals surface area contributed by atoms with Crippen LogP contribution in [0.3, 0.4) is 0 Å². The first-order chi connectivity index (χ1) is 9.13. The first-order valence-corrected chi connectivity index (χ1v) is 6.90. The third kappa shape index (κ3) is 4.52. The molecule has 2 rings (SSSR count). The summed E-state index contributed by atoms with van der Waals surface area (Å²) in [6.07, 6.45) is 2.18. The average Bonchev–Trinajstić information content (AvgIpc) is 2.86. The third-order valence-corrected chi connectivity index (χ3v) is 3.38. The molecule has 0 aromatic carbocycles. The molecule has 0 radical (unpaired) electrons. The maximum atomic E-state index is 11.6. The maximum absolute atomic E-state index is 11.6. The van der Waals surface area contributed by atoms with Crippen LogP contribution in [0.5, 0.6) is 0 Å². The fraction of sp³-hybridized carbons (Fsp3) is 0.600. The topological polar surface area (TPSA) is 129 Å². The van der Waals surface area contributed by atoms with Crippen LogP contribution < -0.4 is 16.8 Å². The molecule has 104 valence electrons. The first kappa shape index (κ1) is 13.8. The van der Waals surface area contributed by atoms with Crippen molar-refractivity contribution in [3.8, 4) is 0 Å². The molecule has 1 aromatic heterocycles. The summed E-state index contributed by atoms with van der Waals surface area (Å²) in [5.74, 6) is 0.206. The summed E-state index contributed by atoms with van der Waals surface area (Å²) in [4.78, 5) is 23.0. The van der Waals surface area contributed by atoms with Crippen molar-refractivity contribution in [2.75, 3.05) is 30.4 Å². The number of nitrogen functional groups attached to an aromatic ring is 2. The molecule has 0 saturated carbocycles. The van der Waals surface area contributed by atoms with Crippen molar-refractivity contribution < 1.29 is 9.53 Å². The predicted octanol–water partition coefficient (Wildman–Crippen LogP) is -0.577. The maximum Gasteiger partial charge on any atom is 0.230 e. The summed E-state index contributed by atoms with van der Waals surface area (Å²) in [6, 6.07) is 0. The second-order valence-electron chi connectivity index (χ2n) is 4.06. The van der Waals surface area contributed by atoms with Crippen LogP contribution in [0.25, 0.3) is 0 Å². The summed E-state index contributed by atoms with van der Waals surface area (Å²) in [5, 5.41) is 3.15. The number of nitrogens with one attached hydrogen (secondary N) is 1. The lowest BCUT2D eigenvalue weighted by atomic mass is 10.2. The lowest BCUT2D eigenvalue weighted by Gasteiger charge is -2.10. The molecule has 5 N–H and O–H groups in total. The van der Waals surface area contributed by atoms with E-state index in [0.717, 1.165) is 31.2 Å². The van der Waals surface area contributed by atoms with Crippen LogP contribution in [0.4, 0.5) is 11.9 Å². The van der Waals surface area contributed by atoms with Crippen molar-refractivity contribution in [3.63, 3.8) is 0 Å². The van der Waals surface area contributed by atoms with Gasteiger partial charge in [0.25, 0.3) is 0 Å². The smallest absolute Gasteiger partial charge is 0.230 e. The Labute approximate surface area is 114 Å². The van der Waals surface area contributed by atoms with Crippen LogP contribution in [0, 0.1) is 0 Å². The normalized spacial score (nSPS) is 18.4. The Hall–Kier alpha value is -1.61. The van der Waals surface area contributed by atoms with Crippen LogP contribution in [0.15, 0.2) is 5.16 Å². The van der Waals surface area contributed by atoms with Crippen LogP contribution in [-0.4, -0.2) is 45.9 Å². The van der Waals surface area contributed by atoms with E-state index in [9.17, 15) is 4.79 Å². The van der Waals surface area contributed by atoms with Gasteiger partial charge in [0.1, 0.15) is 0 Å². The van der Waals surface area contributed by atoms with Crippen LogP contribution in [-0.2, 0) is 9.53 Å². The summed E-state index contributed by atoms with van der Waals surface area (Å²) < 4.78 is 5.41. The van der Waals surface area contributed by atoms with Gasteiger partial charge in [-0.3, -0.25) is 4.79 Å². The molecule has 1 aliphatic heterocycles. The zero-order valence-corrected chi connectivity index (χ0v) is 11.2. The molecule has 2 heterocycles. The zero-order valence-electron chi connectivity index (χ0n) is 10.3. The predicted molar refractivity (Wildman–Crippen MR) is 71.4 cm³/mol. The quantitative estimate of drug-likeness (QED) is 0.613. The van der Waals surface area contributed by atoms with Crippen molar-refractivity contribution in [2.24, 2.45) is 0 Å². The van der Waals surface area contributed by atoms with Crippen molar-refractivity contribution >= 4 is 29.6 Å². The number of ether oxygens (including phenoxy) is 1. The molecule has 9 heteroatoms. The fourth-order valence-corrected chi connectivity index (χ4v) is 2.35. The van der Waals surface area contributed by atoms with Gasteiger partial charge in [-0.2, -0.15) is 15.0 Å². The summed E-state index contributed by atoms with van der Waals surface area (Å²) in [7, 11) is 0. The molecule has 1 atom stereocenters. The number of hydrogen-bond acceptors (Lipinski definition) is 8. The van der Waals surface area contributed by atoms with E-state index >= 15 is 0 Å². The van der Waals surface area contributed by atoms with Crippen molar-refractivity contribution in [3.05, 3.63) is 0 Å². The molecule has 0 unspecified atom stereocenters. The van der Waals surface area contributed by atoms with E-state index in [0.29, 0.717) is 11.7 Å². The molecular formula is C10H16N6O2S.